The minimum absolute atomic E-state index is 0.0416. The number of Topliss-reactive ketones (excluding diaryl/α,β-unsaturated/α-hetero) is 2. The summed E-state index contributed by atoms with van der Waals surface area (Å²) < 4.78 is 40.2. The van der Waals surface area contributed by atoms with E-state index in [4.69, 9.17) is 0 Å². The molecule has 0 spiro atoms. The Labute approximate surface area is 218 Å². The number of halogens is 3. The molecule has 200 valence electrons. The number of allylic oxidation sites excluding steroid dienone is 1. The maximum Gasteiger partial charge on any atom is 0.416 e. The Morgan fingerprint density at radius 3 is 1.70 bits per heavy atom. The highest BCUT2D eigenvalue weighted by atomic mass is 31.2. The average molecular weight is 533 g/mol. The Kier molecular flexibility index (Phi) is 9.74. The minimum Gasteiger partial charge on any atom is -0.872 e. The van der Waals surface area contributed by atoms with Crippen LogP contribution in [0.4, 0.5) is 13.2 Å². The van der Waals surface area contributed by atoms with Crippen molar-refractivity contribution in [2.75, 3.05) is 18.5 Å². The third kappa shape index (κ3) is 6.17. The summed E-state index contributed by atoms with van der Waals surface area (Å²) in [6, 6.07) is 11.3. The zero-order valence-electron chi connectivity index (χ0n) is 21.9. The number of rotatable bonds is 12. The molecule has 0 radical (unpaired) electrons. The van der Waals surface area contributed by atoms with Gasteiger partial charge in [0.25, 0.3) is 0 Å². The first-order valence-electron chi connectivity index (χ1n) is 13.2. The smallest absolute Gasteiger partial charge is 0.416 e. The van der Waals surface area contributed by atoms with Crippen LogP contribution in [0.5, 0.6) is 0 Å². The SMILES string of the molecule is CCCC[P+](CCCC)(CCCC)C(C1=C([O-])c2ccccc2C(=O)C1=O)c1ccc(C(F)(F)F)cc1. The number of hydrogen-bond acceptors (Lipinski definition) is 3. The molecule has 0 aliphatic heterocycles. The van der Waals surface area contributed by atoms with Crippen molar-refractivity contribution in [3.05, 3.63) is 76.4 Å². The van der Waals surface area contributed by atoms with E-state index in [1.54, 1.807) is 18.2 Å². The molecule has 1 aliphatic rings. The third-order valence-electron chi connectivity index (χ3n) is 7.36. The summed E-state index contributed by atoms with van der Waals surface area (Å²) in [6.45, 7) is 6.27. The molecular weight excluding hydrogens is 496 g/mol. The minimum atomic E-state index is -4.49. The van der Waals surface area contributed by atoms with Crippen molar-refractivity contribution in [1.29, 1.82) is 0 Å². The van der Waals surface area contributed by atoms with E-state index in [-0.39, 0.29) is 16.7 Å². The quantitative estimate of drug-likeness (QED) is 0.208. The molecule has 0 aromatic heterocycles. The van der Waals surface area contributed by atoms with Crippen LogP contribution in [0.15, 0.2) is 54.1 Å². The van der Waals surface area contributed by atoms with Crippen molar-refractivity contribution < 1.29 is 27.9 Å². The van der Waals surface area contributed by atoms with Gasteiger partial charge in [0.1, 0.15) is 5.66 Å². The van der Waals surface area contributed by atoms with Crippen LogP contribution >= 0.6 is 7.26 Å². The largest absolute Gasteiger partial charge is 0.872 e. The topological polar surface area (TPSA) is 57.2 Å². The second kappa shape index (κ2) is 12.4. The van der Waals surface area contributed by atoms with E-state index >= 15 is 0 Å². The second-order valence-electron chi connectivity index (χ2n) is 9.92. The van der Waals surface area contributed by atoms with Crippen LogP contribution in [-0.2, 0) is 11.0 Å². The van der Waals surface area contributed by atoms with Crippen molar-refractivity contribution in [1.82, 2.24) is 0 Å². The highest BCUT2D eigenvalue weighted by Crippen LogP contribution is 2.74. The van der Waals surface area contributed by atoms with Gasteiger partial charge in [0.15, 0.2) is 0 Å². The van der Waals surface area contributed by atoms with Gasteiger partial charge in [-0.3, -0.25) is 9.59 Å². The molecule has 0 bridgehead atoms. The summed E-state index contributed by atoms with van der Waals surface area (Å²) >= 11 is 0. The van der Waals surface area contributed by atoms with E-state index in [0.29, 0.717) is 5.56 Å². The predicted octanol–water partition coefficient (Wildman–Crippen LogP) is 7.70. The summed E-state index contributed by atoms with van der Waals surface area (Å²) in [5.41, 5.74) is -0.627. The number of alkyl halides is 3. The molecule has 3 nitrogen and oxygen atoms in total. The molecule has 0 fully saturated rings. The highest BCUT2D eigenvalue weighted by Gasteiger charge is 2.50. The number of fused-ring (bicyclic) bond motifs is 1. The lowest BCUT2D eigenvalue weighted by Gasteiger charge is -2.39. The predicted molar refractivity (Wildman–Crippen MR) is 143 cm³/mol. The van der Waals surface area contributed by atoms with E-state index in [0.717, 1.165) is 69.1 Å². The summed E-state index contributed by atoms with van der Waals surface area (Å²) in [5, 5.41) is 13.9. The van der Waals surface area contributed by atoms with Crippen LogP contribution in [-0.4, -0.2) is 30.1 Å². The highest BCUT2D eigenvalue weighted by molar-refractivity contribution is 7.76. The van der Waals surface area contributed by atoms with Crippen molar-refractivity contribution in [3.8, 4) is 0 Å². The molecule has 0 saturated carbocycles. The van der Waals surface area contributed by atoms with E-state index in [1.807, 2.05) is 0 Å². The van der Waals surface area contributed by atoms with Crippen molar-refractivity contribution in [2.45, 2.75) is 71.1 Å². The van der Waals surface area contributed by atoms with Gasteiger partial charge in [-0.25, -0.2) is 0 Å². The summed E-state index contributed by atoms with van der Waals surface area (Å²) in [4.78, 5) is 26.8. The van der Waals surface area contributed by atoms with E-state index in [2.05, 4.69) is 20.8 Å². The standard InChI is InChI=1S/C30H36F3O3P/c1-4-7-18-37(19-8-5-2,20-9-6-3)29(21-14-16-22(17-15-21)30(31,32)33)25-26(34)23-12-10-11-13-24(23)27(35)28(25)36/h10-17,29H,4-9,18-20H2,1-3H3. The molecule has 2 aromatic rings. The average Bonchev–Trinajstić information content (AvgIpc) is 2.89. The third-order valence-corrected chi connectivity index (χ3v) is 12.6. The van der Waals surface area contributed by atoms with Crippen LogP contribution in [0.2, 0.25) is 0 Å². The molecule has 0 saturated heterocycles. The fraction of sp³-hybridized carbons (Fsp3) is 0.467. The van der Waals surface area contributed by atoms with E-state index in [9.17, 15) is 27.9 Å². The monoisotopic (exact) mass is 532 g/mol. The number of unbranched alkanes of at least 4 members (excludes halogenated alkanes) is 3. The first kappa shape index (κ1) is 29.1. The molecule has 1 unspecified atom stereocenters. The van der Waals surface area contributed by atoms with Gasteiger partial charge < -0.3 is 5.11 Å². The van der Waals surface area contributed by atoms with Crippen LogP contribution in [0, 0.1) is 0 Å². The number of carbonyl (C=O) groups is 2. The number of ketones is 2. The van der Waals surface area contributed by atoms with Gasteiger partial charge in [-0.2, -0.15) is 13.2 Å². The molecule has 3 rings (SSSR count). The van der Waals surface area contributed by atoms with Gasteiger partial charge in [0.05, 0.1) is 24.0 Å². The molecule has 37 heavy (non-hydrogen) atoms. The van der Waals surface area contributed by atoms with Gasteiger partial charge in [0.2, 0.25) is 11.6 Å². The molecule has 0 heterocycles. The van der Waals surface area contributed by atoms with Crippen molar-refractivity contribution >= 4 is 24.6 Å². The lowest BCUT2D eigenvalue weighted by atomic mass is 9.85. The zero-order valence-corrected chi connectivity index (χ0v) is 22.8. The van der Waals surface area contributed by atoms with Gasteiger partial charge in [-0.1, -0.05) is 82.2 Å². The molecule has 1 atom stereocenters. The molecule has 0 amide bonds. The van der Waals surface area contributed by atoms with Gasteiger partial charge in [-0.05, 0) is 42.5 Å². The van der Waals surface area contributed by atoms with Crippen LogP contribution < -0.4 is 5.11 Å². The Morgan fingerprint density at radius 2 is 1.24 bits per heavy atom. The Balaban J connectivity index is 2.33. The molecule has 1 aliphatic carbocycles. The molecule has 0 N–H and O–H groups in total. The first-order valence-corrected chi connectivity index (χ1v) is 15.6. The Hall–Kier alpha value is -2.46. The lowest BCUT2D eigenvalue weighted by molar-refractivity contribution is -0.245. The second-order valence-corrected chi connectivity index (χ2v) is 14.2. The van der Waals surface area contributed by atoms with Crippen LogP contribution in [0.1, 0.15) is 92.0 Å². The molecule has 2 aromatic carbocycles. The van der Waals surface area contributed by atoms with Crippen molar-refractivity contribution in [2.24, 2.45) is 0 Å². The van der Waals surface area contributed by atoms with E-state index < -0.39 is 42.0 Å². The summed E-state index contributed by atoms with van der Waals surface area (Å²) in [6.07, 6.45) is 3.48. The summed E-state index contributed by atoms with van der Waals surface area (Å²) in [7, 11) is -2.13. The number of hydrogen-bond donors (Lipinski definition) is 0. The first-order chi connectivity index (χ1) is 17.6. The Morgan fingerprint density at radius 1 is 0.757 bits per heavy atom. The normalized spacial score (nSPS) is 15.2. The fourth-order valence-corrected chi connectivity index (χ4v) is 11.2. The van der Waals surface area contributed by atoms with Crippen LogP contribution in [0.3, 0.4) is 0 Å². The van der Waals surface area contributed by atoms with E-state index in [1.165, 1.54) is 18.2 Å². The Bertz CT molecular complexity index is 1110. The molecular formula is C30H36F3O3P. The maximum absolute atomic E-state index is 13.9. The lowest BCUT2D eigenvalue weighted by Crippen LogP contribution is -2.33. The van der Waals surface area contributed by atoms with Crippen LogP contribution in [0.25, 0.3) is 5.76 Å². The zero-order chi connectivity index (χ0) is 27.2. The van der Waals surface area contributed by atoms with Gasteiger partial charge >= 0.3 is 6.18 Å². The van der Waals surface area contributed by atoms with Gasteiger partial charge in [-0.15, -0.1) is 0 Å². The van der Waals surface area contributed by atoms with Gasteiger partial charge in [0, 0.05) is 18.4 Å². The fourth-order valence-electron chi connectivity index (χ4n) is 5.37. The summed E-state index contributed by atoms with van der Waals surface area (Å²) in [5.74, 6) is -1.97. The maximum atomic E-state index is 13.9. The van der Waals surface area contributed by atoms with Crippen molar-refractivity contribution in [3.63, 3.8) is 0 Å². The number of benzene rings is 2. The number of carbonyl (C=O) groups excluding carboxylic acids is 2. The molecule has 7 heteroatoms.